The zero-order chi connectivity index (χ0) is 19.2. The van der Waals surface area contributed by atoms with Crippen LogP contribution >= 0.6 is 0 Å². The van der Waals surface area contributed by atoms with E-state index in [2.05, 4.69) is 6.92 Å². The third-order valence-corrected chi connectivity index (χ3v) is 4.85. The Balaban J connectivity index is 2.16. The molecule has 1 unspecified atom stereocenters. The molecule has 6 heteroatoms. The number of carbonyl (C=O) groups excluding carboxylic acids is 2. The molecule has 2 rings (SSSR count). The van der Waals surface area contributed by atoms with Crippen molar-refractivity contribution in [1.29, 1.82) is 0 Å². The summed E-state index contributed by atoms with van der Waals surface area (Å²) in [7, 11) is 0. The molecule has 1 heterocycles. The van der Waals surface area contributed by atoms with Crippen molar-refractivity contribution in [2.24, 2.45) is 17.6 Å². The molecular weight excluding hydrogens is 332 g/mol. The summed E-state index contributed by atoms with van der Waals surface area (Å²) in [6, 6.07) is 9.75. The molecule has 0 radical (unpaired) electrons. The van der Waals surface area contributed by atoms with Crippen molar-refractivity contribution in [3.8, 4) is 0 Å². The zero-order valence-corrected chi connectivity index (χ0v) is 15.9. The molecular formula is C20H30N2O4. The third-order valence-electron chi connectivity index (χ3n) is 4.85. The van der Waals surface area contributed by atoms with Gasteiger partial charge in [0.1, 0.15) is 0 Å². The van der Waals surface area contributed by atoms with Crippen LogP contribution in [0.5, 0.6) is 0 Å². The zero-order valence-electron chi connectivity index (χ0n) is 15.9. The van der Waals surface area contributed by atoms with Crippen molar-refractivity contribution in [2.45, 2.75) is 52.1 Å². The van der Waals surface area contributed by atoms with Gasteiger partial charge in [0.15, 0.2) is 0 Å². The van der Waals surface area contributed by atoms with Crippen LogP contribution in [0.4, 0.5) is 0 Å². The number of amides is 1. The Morgan fingerprint density at radius 1 is 1.38 bits per heavy atom. The maximum Gasteiger partial charge on any atom is 0.349 e. The van der Waals surface area contributed by atoms with Crippen molar-refractivity contribution in [3.05, 3.63) is 35.9 Å². The first-order chi connectivity index (χ1) is 12.4. The number of ether oxygens (including phenoxy) is 1. The second kappa shape index (κ2) is 9.14. The number of nitrogens with two attached hydrogens (primary N) is 1. The van der Waals surface area contributed by atoms with Crippen LogP contribution in [-0.4, -0.2) is 35.8 Å². The minimum absolute atomic E-state index is 0.185. The molecule has 1 aliphatic rings. The van der Waals surface area contributed by atoms with E-state index in [9.17, 15) is 9.59 Å². The van der Waals surface area contributed by atoms with Crippen LogP contribution in [0.2, 0.25) is 0 Å². The van der Waals surface area contributed by atoms with Gasteiger partial charge in [0.25, 0.3) is 5.91 Å². The molecule has 1 amide bonds. The van der Waals surface area contributed by atoms with Crippen LogP contribution in [0.3, 0.4) is 0 Å². The maximum atomic E-state index is 13.1. The van der Waals surface area contributed by atoms with Gasteiger partial charge in [0.05, 0.1) is 13.2 Å². The van der Waals surface area contributed by atoms with Gasteiger partial charge in [-0.05, 0) is 18.4 Å². The predicted octanol–water partition coefficient (Wildman–Crippen LogP) is 2.66. The lowest BCUT2D eigenvalue weighted by Crippen LogP contribution is -2.65. The van der Waals surface area contributed by atoms with E-state index < -0.39 is 11.6 Å². The molecule has 0 spiro atoms. The minimum Gasteiger partial charge on any atom is -0.462 e. The average molecular weight is 362 g/mol. The highest BCUT2D eigenvalue weighted by Gasteiger charge is 2.55. The summed E-state index contributed by atoms with van der Waals surface area (Å²) in [4.78, 5) is 31.2. The Labute approximate surface area is 155 Å². The summed E-state index contributed by atoms with van der Waals surface area (Å²) in [5.41, 5.74) is 5.82. The lowest BCUT2D eigenvalue weighted by atomic mass is 9.95. The Morgan fingerprint density at radius 2 is 2.08 bits per heavy atom. The van der Waals surface area contributed by atoms with Crippen LogP contribution in [0.25, 0.3) is 0 Å². The number of benzene rings is 1. The number of nitrogens with zero attached hydrogens (tertiary/aromatic N) is 1. The van der Waals surface area contributed by atoms with Crippen LogP contribution in [0.1, 0.15) is 45.6 Å². The Kier molecular flexibility index (Phi) is 7.17. The SMILES string of the molecule is CCCCCON(C(=O)C(C)Cc1ccccc1)[C@]1(N)C(=O)OC[C@H]1C. The first kappa shape index (κ1) is 20.4. The molecule has 2 N–H and O–H groups in total. The maximum absolute atomic E-state index is 13.1. The number of rotatable bonds is 9. The molecule has 0 aromatic heterocycles. The minimum atomic E-state index is -1.58. The molecule has 1 aromatic carbocycles. The number of carbonyl (C=O) groups is 2. The molecule has 26 heavy (non-hydrogen) atoms. The van der Waals surface area contributed by atoms with E-state index in [1.54, 1.807) is 6.92 Å². The normalized spacial score (nSPS) is 23.5. The van der Waals surface area contributed by atoms with Gasteiger partial charge in [-0.15, -0.1) is 0 Å². The fourth-order valence-electron chi connectivity index (χ4n) is 3.04. The van der Waals surface area contributed by atoms with Crippen molar-refractivity contribution < 1.29 is 19.2 Å². The van der Waals surface area contributed by atoms with E-state index in [4.69, 9.17) is 15.3 Å². The molecule has 0 aliphatic carbocycles. The van der Waals surface area contributed by atoms with Gasteiger partial charge >= 0.3 is 5.97 Å². The Morgan fingerprint density at radius 3 is 2.65 bits per heavy atom. The molecule has 0 saturated carbocycles. The van der Waals surface area contributed by atoms with E-state index in [0.717, 1.165) is 29.9 Å². The fraction of sp³-hybridized carbons (Fsp3) is 0.600. The second-order valence-electron chi connectivity index (χ2n) is 7.09. The Hall–Kier alpha value is -1.92. The van der Waals surface area contributed by atoms with Gasteiger partial charge in [-0.25, -0.2) is 4.79 Å². The standard InChI is InChI=1S/C20H30N2O4/c1-4-5-9-12-26-22(20(21)16(3)14-25-19(20)24)18(23)15(2)13-17-10-7-6-8-11-17/h6-8,10-11,15-16H,4-5,9,12-14,21H2,1-3H3/t15?,16-,20+/m1/s1. The summed E-state index contributed by atoms with van der Waals surface area (Å²) < 4.78 is 5.10. The van der Waals surface area contributed by atoms with Crippen molar-refractivity contribution in [1.82, 2.24) is 5.06 Å². The molecule has 1 saturated heterocycles. The van der Waals surface area contributed by atoms with Crippen LogP contribution in [0.15, 0.2) is 30.3 Å². The fourth-order valence-corrected chi connectivity index (χ4v) is 3.04. The summed E-state index contributed by atoms with van der Waals surface area (Å²) >= 11 is 0. The molecule has 3 atom stereocenters. The van der Waals surface area contributed by atoms with Gasteiger partial charge in [0.2, 0.25) is 5.66 Å². The Bertz CT molecular complexity index is 607. The first-order valence-electron chi connectivity index (χ1n) is 9.38. The van der Waals surface area contributed by atoms with Crippen LogP contribution in [0, 0.1) is 11.8 Å². The molecule has 0 bridgehead atoms. The van der Waals surface area contributed by atoms with E-state index in [-0.39, 0.29) is 24.3 Å². The first-order valence-corrected chi connectivity index (χ1v) is 9.38. The lowest BCUT2D eigenvalue weighted by Gasteiger charge is -2.37. The highest BCUT2D eigenvalue weighted by molar-refractivity contribution is 5.89. The van der Waals surface area contributed by atoms with E-state index >= 15 is 0 Å². The second-order valence-corrected chi connectivity index (χ2v) is 7.09. The highest BCUT2D eigenvalue weighted by atomic mass is 16.7. The number of esters is 1. The van der Waals surface area contributed by atoms with E-state index in [1.165, 1.54) is 0 Å². The van der Waals surface area contributed by atoms with Crippen LogP contribution < -0.4 is 5.73 Å². The third kappa shape index (κ3) is 4.43. The van der Waals surface area contributed by atoms with Gasteiger partial charge < -0.3 is 4.74 Å². The smallest absolute Gasteiger partial charge is 0.349 e. The van der Waals surface area contributed by atoms with E-state index in [0.29, 0.717) is 13.0 Å². The number of hydrogen-bond acceptors (Lipinski definition) is 5. The number of hydrogen-bond donors (Lipinski definition) is 1. The van der Waals surface area contributed by atoms with Gasteiger partial charge in [0, 0.05) is 11.8 Å². The summed E-state index contributed by atoms with van der Waals surface area (Å²) in [5.74, 6) is -1.61. The van der Waals surface area contributed by atoms with Crippen molar-refractivity contribution in [3.63, 3.8) is 0 Å². The molecule has 144 valence electrons. The number of cyclic esters (lactones) is 1. The number of hydroxylamine groups is 2. The predicted molar refractivity (Wildman–Crippen MR) is 98.7 cm³/mol. The van der Waals surface area contributed by atoms with Crippen molar-refractivity contribution in [2.75, 3.05) is 13.2 Å². The summed E-state index contributed by atoms with van der Waals surface area (Å²) in [6.07, 6.45) is 3.37. The molecule has 1 aromatic rings. The average Bonchev–Trinajstić information content (AvgIpc) is 2.90. The van der Waals surface area contributed by atoms with Gasteiger partial charge in [-0.2, -0.15) is 5.06 Å². The topological polar surface area (TPSA) is 81.9 Å². The number of unbranched alkanes of at least 4 members (excludes halogenated alkanes) is 2. The molecule has 1 fully saturated rings. The van der Waals surface area contributed by atoms with E-state index in [1.807, 2.05) is 37.3 Å². The molecule has 1 aliphatic heterocycles. The van der Waals surface area contributed by atoms with Gasteiger partial charge in [-0.1, -0.05) is 63.9 Å². The lowest BCUT2D eigenvalue weighted by molar-refractivity contribution is -0.230. The van der Waals surface area contributed by atoms with Crippen molar-refractivity contribution >= 4 is 11.9 Å². The molecule has 6 nitrogen and oxygen atoms in total. The summed E-state index contributed by atoms with van der Waals surface area (Å²) in [6.45, 7) is 6.24. The highest BCUT2D eigenvalue weighted by Crippen LogP contribution is 2.30. The van der Waals surface area contributed by atoms with Crippen LogP contribution in [-0.2, 0) is 25.6 Å². The monoisotopic (exact) mass is 362 g/mol. The van der Waals surface area contributed by atoms with Gasteiger partial charge in [-0.3, -0.25) is 15.4 Å². The summed E-state index contributed by atoms with van der Waals surface area (Å²) in [5, 5.41) is 1.09. The quantitative estimate of drug-likeness (QED) is 0.316. The largest absolute Gasteiger partial charge is 0.462 e.